The molecule has 2 aromatic carbocycles. The third-order valence-corrected chi connectivity index (χ3v) is 5.21. The minimum absolute atomic E-state index is 0.106. The van der Waals surface area contributed by atoms with Gasteiger partial charge in [0.1, 0.15) is 5.82 Å². The number of nitrogens with one attached hydrogen (secondary N) is 1. The molecule has 0 bridgehead atoms. The Bertz CT molecular complexity index is 796. The van der Waals surface area contributed by atoms with Crippen molar-refractivity contribution in [3.63, 3.8) is 0 Å². The van der Waals surface area contributed by atoms with Crippen LogP contribution in [0.3, 0.4) is 0 Å². The van der Waals surface area contributed by atoms with Crippen molar-refractivity contribution in [2.24, 2.45) is 0 Å². The molecule has 0 aromatic heterocycles. The van der Waals surface area contributed by atoms with Crippen LogP contribution in [0.2, 0.25) is 0 Å². The summed E-state index contributed by atoms with van der Waals surface area (Å²) in [5, 5.41) is 2.92. The number of urea groups is 1. The number of nitrogens with zero attached hydrogens (tertiary/aromatic N) is 2. The topological polar surface area (TPSA) is 52.7 Å². The quantitative estimate of drug-likeness (QED) is 0.814. The lowest BCUT2D eigenvalue weighted by Gasteiger charge is -2.22. The molecule has 1 heterocycles. The van der Waals surface area contributed by atoms with E-state index in [0.29, 0.717) is 45.6 Å². The molecule has 1 aliphatic heterocycles. The monoisotopic (exact) mass is 397 g/mol. The molecule has 1 fully saturated rings. The summed E-state index contributed by atoms with van der Waals surface area (Å²) in [6, 6.07) is 16.2. The summed E-state index contributed by atoms with van der Waals surface area (Å²) in [5.41, 5.74) is 2.15. The highest BCUT2D eigenvalue weighted by Crippen LogP contribution is 2.09. The summed E-state index contributed by atoms with van der Waals surface area (Å²) in [4.78, 5) is 28.6. The van der Waals surface area contributed by atoms with Crippen molar-refractivity contribution in [3.05, 3.63) is 71.5 Å². The van der Waals surface area contributed by atoms with Crippen molar-refractivity contribution >= 4 is 11.9 Å². The molecule has 1 N–H and O–H groups in total. The Balaban J connectivity index is 1.39. The van der Waals surface area contributed by atoms with Gasteiger partial charge < -0.3 is 15.1 Å². The number of carbonyl (C=O) groups is 2. The first-order valence-corrected chi connectivity index (χ1v) is 10.2. The second-order valence-electron chi connectivity index (χ2n) is 7.32. The summed E-state index contributed by atoms with van der Waals surface area (Å²) >= 11 is 0. The van der Waals surface area contributed by atoms with Crippen LogP contribution in [0.5, 0.6) is 0 Å². The summed E-state index contributed by atoms with van der Waals surface area (Å²) in [6.07, 6.45) is 2.67. The van der Waals surface area contributed by atoms with E-state index >= 15 is 0 Å². The van der Waals surface area contributed by atoms with Gasteiger partial charge in [0.25, 0.3) is 0 Å². The van der Waals surface area contributed by atoms with E-state index in [-0.39, 0.29) is 17.8 Å². The van der Waals surface area contributed by atoms with Gasteiger partial charge in [0, 0.05) is 39.1 Å². The number of halogens is 1. The van der Waals surface area contributed by atoms with Gasteiger partial charge in [-0.25, -0.2) is 9.18 Å². The molecule has 5 nitrogen and oxygen atoms in total. The maximum absolute atomic E-state index is 12.9. The zero-order chi connectivity index (χ0) is 20.5. The molecule has 3 rings (SSSR count). The second kappa shape index (κ2) is 10.6. The van der Waals surface area contributed by atoms with Crippen molar-refractivity contribution in [3.8, 4) is 0 Å². The number of rotatable bonds is 6. The standard InChI is InChI=1S/C23H28FN3O2/c24-21-10-7-20(8-11-21)13-14-25-23(29)27-16-4-15-26(17-18-27)22(28)12-9-19-5-2-1-3-6-19/h1-3,5-8,10-11H,4,9,12-18H2,(H,25,29). The van der Waals surface area contributed by atoms with Crippen LogP contribution in [0, 0.1) is 5.82 Å². The van der Waals surface area contributed by atoms with Crippen LogP contribution < -0.4 is 5.32 Å². The highest BCUT2D eigenvalue weighted by molar-refractivity contribution is 5.77. The Morgan fingerprint density at radius 3 is 2.24 bits per heavy atom. The molecule has 0 atom stereocenters. The number of carbonyl (C=O) groups excluding carboxylic acids is 2. The Hall–Kier alpha value is -2.89. The summed E-state index contributed by atoms with van der Waals surface area (Å²) in [5.74, 6) is -0.113. The van der Waals surface area contributed by atoms with Crippen molar-refractivity contribution < 1.29 is 14.0 Å². The van der Waals surface area contributed by atoms with Crippen LogP contribution in [0.4, 0.5) is 9.18 Å². The predicted molar refractivity (Wildman–Crippen MR) is 111 cm³/mol. The fourth-order valence-corrected chi connectivity index (χ4v) is 3.50. The van der Waals surface area contributed by atoms with Crippen molar-refractivity contribution in [1.82, 2.24) is 15.1 Å². The van der Waals surface area contributed by atoms with E-state index in [1.54, 1.807) is 17.0 Å². The van der Waals surface area contributed by atoms with Crippen LogP contribution in [-0.4, -0.2) is 54.5 Å². The molecule has 1 aliphatic rings. The van der Waals surface area contributed by atoms with Gasteiger partial charge in [0.2, 0.25) is 5.91 Å². The first-order valence-electron chi connectivity index (χ1n) is 10.2. The van der Waals surface area contributed by atoms with Gasteiger partial charge in [-0.1, -0.05) is 42.5 Å². The van der Waals surface area contributed by atoms with E-state index in [4.69, 9.17) is 0 Å². The fourth-order valence-electron chi connectivity index (χ4n) is 3.50. The largest absolute Gasteiger partial charge is 0.341 e. The third kappa shape index (κ3) is 6.59. The molecule has 2 aromatic rings. The maximum Gasteiger partial charge on any atom is 0.317 e. The lowest BCUT2D eigenvalue weighted by Crippen LogP contribution is -2.43. The summed E-state index contributed by atoms with van der Waals surface area (Å²) < 4.78 is 12.9. The Kier molecular flexibility index (Phi) is 7.61. The van der Waals surface area contributed by atoms with Gasteiger partial charge >= 0.3 is 6.03 Å². The lowest BCUT2D eigenvalue weighted by molar-refractivity contribution is -0.131. The Labute approximate surface area is 171 Å². The van der Waals surface area contributed by atoms with Crippen LogP contribution in [0.25, 0.3) is 0 Å². The average molecular weight is 397 g/mol. The number of hydrogen-bond acceptors (Lipinski definition) is 2. The van der Waals surface area contributed by atoms with Gasteiger partial charge in [-0.15, -0.1) is 0 Å². The van der Waals surface area contributed by atoms with Gasteiger partial charge in [-0.2, -0.15) is 0 Å². The molecule has 1 saturated heterocycles. The van der Waals surface area contributed by atoms with Crippen LogP contribution >= 0.6 is 0 Å². The molecular weight excluding hydrogens is 369 g/mol. The molecule has 0 unspecified atom stereocenters. The van der Waals surface area contributed by atoms with E-state index in [0.717, 1.165) is 24.0 Å². The molecular formula is C23H28FN3O2. The van der Waals surface area contributed by atoms with Crippen LogP contribution in [0.15, 0.2) is 54.6 Å². The molecule has 0 aliphatic carbocycles. The van der Waals surface area contributed by atoms with Crippen molar-refractivity contribution in [2.75, 3.05) is 32.7 Å². The minimum Gasteiger partial charge on any atom is -0.341 e. The van der Waals surface area contributed by atoms with Crippen LogP contribution in [0.1, 0.15) is 24.0 Å². The SMILES string of the molecule is O=C(CCc1ccccc1)N1CCCN(C(=O)NCCc2ccc(F)cc2)CC1. The predicted octanol–water partition coefficient (Wildman–Crippen LogP) is 3.24. The average Bonchev–Trinajstić information content (AvgIpc) is 3.00. The van der Waals surface area contributed by atoms with E-state index in [1.165, 1.54) is 12.1 Å². The molecule has 29 heavy (non-hydrogen) atoms. The number of hydrogen-bond donors (Lipinski definition) is 1. The van der Waals surface area contributed by atoms with Gasteiger partial charge in [-0.3, -0.25) is 4.79 Å². The van der Waals surface area contributed by atoms with Gasteiger partial charge in [0.15, 0.2) is 0 Å². The van der Waals surface area contributed by atoms with Crippen molar-refractivity contribution in [1.29, 1.82) is 0 Å². The molecule has 0 spiro atoms. The normalized spacial score (nSPS) is 14.4. The van der Waals surface area contributed by atoms with E-state index in [1.807, 2.05) is 35.2 Å². The third-order valence-electron chi connectivity index (χ3n) is 5.21. The van der Waals surface area contributed by atoms with Crippen molar-refractivity contribution in [2.45, 2.75) is 25.7 Å². The zero-order valence-electron chi connectivity index (χ0n) is 16.6. The number of benzene rings is 2. The number of amides is 3. The van der Waals surface area contributed by atoms with Gasteiger partial charge in [0.05, 0.1) is 0 Å². The fraction of sp³-hybridized carbons (Fsp3) is 0.391. The molecule has 6 heteroatoms. The zero-order valence-corrected chi connectivity index (χ0v) is 16.6. The highest BCUT2D eigenvalue weighted by Gasteiger charge is 2.21. The Morgan fingerprint density at radius 1 is 0.828 bits per heavy atom. The first kappa shape index (κ1) is 20.8. The summed E-state index contributed by atoms with van der Waals surface area (Å²) in [6.45, 7) is 2.94. The highest BCUT2D eigenvalue weighted by atomic mass is 19.1. The first-order chi connectivity index (χ1) is 14.1. The van der Waals surface area contributed by atoms with Gasteiger partial charge in [-0.05, 0) is 42.5 Å². The molecule has 154 valence electrons. The molecule has 0 radical (unpaired) electrons. The lowest BCUT2D eigenvalue weighted by atomic mass is 10.1. The van der Waals surface area contributed by atoms with E-state index in [9.17, 15) is 14.0 Å². The molecule has 0 saturated carbocycles. The minimum atomic E-state index is -0.259. The smallest absolute Gasteiger partial charge is 0.317 e. The summed E-state index contributed by atoms with van der Waals surface area (Å²) in [7, 11) is 0. The number of aryl methyl sites for hydroxylation is 1. The van der Waals surface area contributed by atoms with E-state index < -0.39 is 0 Å². The molecule has 3 amide bonds. The van der Waals surface area contributed by atoms with Crippen LogP contribution in [-0.2, 0) is 17.6 Å². The second-order valence-corrected chi connectivity index (χ2v) is 7.32. The van der Waals surface area contributed by atoms with E-state index in [2.05, 4.69) is 5.32 Å². The maximum atomic E-state index is 12.9. The Morgan fingerprint density at radius 2 is 1.48 bits per heavy atom.